The molecule has 6 nitrogen and oxygen atoms in total. The van der Waals surface area contributed by atoms with Crippen LogP contribution >= 0.6 is 0 Å². The number of hydrogen-bond acceptors (Lipinski definition) is 5. The lowest BCUT2D eigenvalue weighted by Crippen LogP contribution is -2.49. The van der Waals surface area contributed by atoms with Gasteiger partial charge in [0, 0.05) is 32.2 Å². The minimum Gasteiger partial charge on any atom is -0.438 e. The molecule has 1 amide bonds. The number of amides is 1. The number of ether oxygens (including phenoxy) is 1. The Morgan fingerprint density at radius 3 is 2.41 bits per heavy atom. The van der Waals surface area contributed by atoms with Gasteiger partial charge < -0.3 is 14.5 Å². The zero-order valence-electron chi connectivity index (χ0n) is 16.5. The molecule has 0 N–H and O–H groups in total. The van der Waals surface area contributed by atoms with Crippen LogP contribution in [0.2, 0.25) is 0 Å². The van der Waals surface area contributed by atoms with Gasteiger partial charge in [0.15, 0.2) is 5.82 Å². The first-order valence-electron chi connectivity index (χ1n) is 9.82. The number of para-hydroxylation sites is 1. The number of aromatic nitrogens is 2. The summed E-state index contributed by atoms with van der Waals surface area (Å²) in [5, 5.41) is 8.47. The highest BCUT2D eigenvalue weighted by atomic mass is 16.5. The quantitative estimate of drug-likeness (QED) is 0.670. The molecule has 1 aromatic heterocycles. The van der Waals surface area contributed by atoms with Gasteiger partial charge >= 0.3 is 0 Å². The number of aryl methyl sites for hydroxylation is 1. The molecular formula is C23H24N4O2. The molecule has 0 atom stereocenters. The smallest absolute Gasteiger partial charge is 0.238 e. The van der Waals surface area contributed by atoms with Crippen molar-refractivity contribution in [3.63, 3.8) is 0 Å². The van der Waals surface area contributed by atoms with Crippen LogP contribution in [0.15, 0.2) is 66.7 Å². The van der Waals surface area contributed by atoms with Crippen molar-refractivity contribution < 1.29 is 9.53 Å². The number of hydrogen-bond donors (Lipinski definition) is 0. The van der Waals surface area contributed by atoms with E-state index >= 15 is 0 Å². The van der Waals surface area contributed by atoms with Crippen LogP contribution < -0.4 is 9.64 Å². The highest BCUT2D eigenvalue weighted by molar-refractivity contribution is 5.79. The van der Waals surface area contributed by atoms with E-state index in [0.29, 0.717) is 25.4 Å². The first-order valence-corrected chi connectivity index (χ1v) is 9.82. The van der Waals surface area contributed by atoms with Gasteiger partial charge in [-0.1, -0.05) is 48.0 Å². The molecule has 0 saturated carbocycles. The van der Waals surface area contributed by atoms with Crippen LogP contribution in [0.4, 0.5) is 5.82 Å². The fraction of sp³-hybridized carbons (Fsp3) is 0.261. The van der Waals surface area contributed by atoms with E-state index in [0.717, 1.165) is 30.2 Å². The third-order valence-electron chi connectivity index (χ3n) is 4.99. The fourth-order valence-electron chi connectivity index (χ4n) is 3.44. The summed E-state index contributed by atoms with van der Waals surface area (Å²) in [6.45, 7) is 4.91. The number of piperazine rings is 1. The normalized spacial score (nSPS) is 14.0. The monoisotopic (exact) mass is 388 g/mol. The standard InChI is InChI=1S/C23H24N4O2/c1-18-6-5-7-19(16-18)17-23(28)27-14-12-26(13-15-27)21-10-11-22(25-24-21)29-20-8-3-2-4-9-20/h2-11,16H,12-15,17H2,1H3. The van der Waals surface area contributed by atoms with Crippen molar-refractivity contribution in [3.05, 3.63) is 77.9 Å². The van der Waals surface area contributed by atoms with Crippen LogP contribution in [-0.4, -0.2) is 47.2 Å². The van der Waals surface area contributed by atoms with Gasteiger partial charge in [0.05, 0.1) is 6.42 Å². The van der Waals surface area contributed by atoms with Crippen LogP contribution in [0, 0.1) is 6.92 Å². The number of anilines is 1. The number of rotatable bonds is 5. The second kappa shape index (κ2) is 8.73. The van der Waals surface area contributed by atoms with Crippen molar-refractivity contribution in [1.82, 2.24) is 15.1 Å². The lowest BCUT2D eigenvalue weighted by molar-refractivity contribution is -0.130. The average molecular weight is 388 g/mol. The summed E-state index contributed by atoms with van der Waals surface area (Å²) in [4.78, 5) is 16.7. The molecule has 0 aliphatic carbocycles. The molecule has 29 heavy (non-hydrogen) atoms. The Kier molecular flexibility index (Phi) is 5.70. The van der Waals surface area contributed by atoms with Gasteiger partial charge in [-0.3, -0.25) is 4.79 Å². The molecule has 6 heteroatoms. The van der Waals surface area contributed by atoms with Crippen molar-refractivity contribution in [2.75, 3.05) is 31.1 Å². The third kappa shape index (κ3) is 4.90. The Bertz CT molecular complexity index is 952. The number of carbonyl (C=O) groups excluding carboxylic acids is 1. The average Bonchev–Trinajstić information content (AvgIpc) is 2.75. The van der Waals surface area contributed by atoms with Crippen molar-refractivity contribution in [2.45, 2.75) is 13.3 Å². The summed E-state index contributed by atoms with van der Waals surface area (Å²) >= 11 is 0. The van der Waals surface area contributed by atoms with E-state index < -0.39 is 0 Å². The predicted octanol–water partition coefficient (Wildman–Crippen LogP) is 3.47. The van der Waals surface area contributed by atoms with Crippen LogP contribution in [-0.2, 0) is 11.2 Å². The summed E-state index contributed by atoms with van der Waals surface area (Å²) in [5.41, 5.74) is 2.25. The van der Waals surface area contributed by atoms with Crippen LogP contribution in [0.1, 0.15) is 11.1 Å². The Morgan fingerprint density at radius 1 is 0.931 bits per heavy atom. The van der Waals surface area contributed by atoms with Crippen molar-refractivity contribution in [3.8, 4) is 11.6 Å². The number of carbonyl (C=O) groups is 1. The van der Waals surface area contributed by atoms with Gasteiger partial charge in [-0.2, -0.15) is 0 Å². The molecule has 1 aliphatic heterocycles. The number of nitrogens with zero attached hydrogens (tertiary/aromatic N) is 4. The highest BCUT2D eigenvalue weighted by Crippen LogP contribution is 2.20. The molecule has 148 valence electrons. The summed E-state index contributed by atoms with van der Waals surface area (Å²) in [6.07, 6.45) is 0.451. The van der Waals surface area contributed by atoms with Gasteiger partial charge in [-0.05, 0) is 30.7 Å². The largest absolute Gasteiger partial charge is 0.438 e. The van der Waals surface area contributed by atoms with Gasteiger partial charge in [0.25, 0.3) is 0 Å². The first kappa shape index (κ1) is 18.9. The molecular weight excluding hydrogens is 364 g/mol. The highest BCUT2D eigenvalue weighted by Gasteiger charge is 2.22. The molecule has 1 saturated heterocycles. The molecule has 0 unspecified atom stereocenters. The topological polar surface area (TPSA) is 58.6 Å². The fourth-order valence-corrected chi connectivity index (χ4v) is 3.44. The van der Waals surface area contributed by atoms with Crippen molar-refractivity contribution >= 4 is 11.7 Å². The van der Waals surface area contributed by atoms with E-state index in [1.165, 1.54) is 5.56 Å². The summed E-state index contributed by atoms with van der Waals surface area (Å²) in [5.74, 6) is 2.17. The zero-order chi connectivity index (χ0) is 20.1. The molecule has 4 rings (SSSR count). The third-order valence-corrected chi connectivity index (χ3v) is 4.99. The van der Waals surface area contributed by atoms with Crippen LogP contribution in [0.25, 0.3) is 0 Å². The number of benzene rings is 2. The molecule has 0 bridgehead atoms. The molecule has 2 aromatic carbocycles. The summed E-state index contributed by atoms with van der Waals surface area (Å²) in [7, 11) is 0. The molecule has 3 aromatic rings. The van der Waals surface area contributed by atoms with Gasteiger partial charge in [0.2, 0.25) is 11.8 Å². The van der Waals surface area contributed by atoms with E-state index in [1.54, 1.807) is 0 Å². The lowest BCUT2D eigenvalue weighted by atomic mass is 10.1. The maximum atomic E-state index is 12.6. The first-order chi connectivity index (χ1) is 14.2. The van der Waals surface area contributed by atoms with E-state index in [4.69, 9.17) is 4.74 Å². The Balaban J connectivity index is 1.30. The zero-order valence-corrected chi connectivity index (χ0v) is 16.5. The van der Waals surface area contributed by atoms with Gasteiger partial charge in [-0.15, -0.1) is 10.2 Å². The molecule has 1 aliphatic rings. The van der Waals surface area contributed by atoms with Gasteiger partial charge in [0.1, 0.15) is 5.75 Å². The Hall–Kier alpha value is -3.41. The Morgan fingerprint density at radius 2 is 1.72 bits per heavy atom. The Labute approximate surface area is 170 Å². The van der Waals surface area contributed by atoms with E-state index in [2.05, 4.69) is 21.2 Å². The summed E-state index contributed by atoms with van der Waals surface area (Å²) < 4.78 is 5.69. The van der Waals surface area contributed by atoms with E-state index in [1.807, 2.05) is 72.5 Å². The lowest BCUT2D eigenvalue weighted by Gasteiger charge is -2.35. The summed E-state index contributed by atoms with van der Waals surface area (Å²) in [6, 6.07) is 21.4. The molecule has 2 heterocycles. The minimum atomic E-state index is 0.174. The van der Waals surface area contributed by atoms with Crippen molar-refractivity contribution in [2.24, 2.45) is 0 Å². The van der Waals surface area contributed by atoms with Crippen LogP contribution in [0.3, 0.4) is 0 Å². The molecule has 0 spiro atoms. The van der Waals surface area contributed by atoms with Gasteiger partial charge in [-0.25, -0.2) is 0 Å². The second-order valence-corrected chi connectivity index (χ2v) is 7.18. The maximum Gasteiger partial charge on any atom is 0.238 e. The second-order valence-electron chi connectivity index (χ2n) is 7.18. The van der Waals surface area contributed by atoms with E-state index in [9.17, 15) is 4.79 Å². The van der Waals surface area contributed by atoms with Crippen LogP contribution in [0.5, 0.6) is 11.6 Å². The molecule has 1 fully saturated rings. The van der Waals surface area contributed by atoms with E-state index in [-0.39, 0.29) is 5.91 Å². The SMILES string of the molecule is Cc1cccc(CC(=O)N2CCN(c3ccc(Oc4ccccc4)nn3)CC2)c1. The van der Waals surface area contributed by atoms with Crippen molar-refractivity contribution in [1.29, 1.82) is 0 Å². The maximum absolute atomic E-state index is 12.6. The minimum absolute atomic E-state index is 0.174. The predicted molar refractivity (Wildman–Crippen MR) is 112 cm³/mol. The molecule has 0 radical (unpaired) electrons.